The second kappa shape index (κ2) is 5.28. The predicted octanol–water partition coefficient (Wildman–Crippen LogP) is 4.66. The number of nitriles is 1. The van der Waals surface area contributed by atoms with Crippen molar-refractivity contribution in [2.24, 2.45) is 0 Å². The highest BCUT2D eigenvalue weighted by atomic mass is 32.1. The lowest BCUT2D eigenvalue weighted by molar-refractivity contribution is 1.38. The maximum atomic E-state index is 8.81. The van der Waals surface area contributed by atoms with Crippen molar-refractivity contribution in [3.8, 4) is 27.9 Å². The Hall–Kier alpha value is -2.44. The number of benzene rings is 2. The molecule has 0 aliphatic heterocycles. The molecule has 0 unspecified atom stereocenters. The number of rotatable bonds is 2. The van der Waals surface area contributed by atoms with Gasteiger partial charge in [0.1, 0.15) is 5.01 Å². The second-order valence-corrected chi connectivity index (χ2v) is 5.45. The summed E-state index contributed by atoms with van der Waals surface area (Å²) in [5.41, 5.74) is 5.05. The quantitative estimate of drug-likeness (QED) is 0.682. The van der Waals surface area contributed by atoms with E-state index in [1.807, 2.05) is 30.3 Å². The van der Waals surface area contributed by atoms with Crippen LogP contribution in [0.15, 0.2) is 53.9 Å². The van der Waals surface area contributed by atoms with E-state index in [0.29, 0.717) is 5.56 Å². The van der Waals surface area contributed by atoms with Gasteiger partial charge in [-0.15, -0.1) is 11.3 Å². The number of thiazole rings is 1. The van der Waals surface area contributed by atoms with Crippen LogP contribution >= 0.6 is 11.3 Å². The van der Waals surface area contributed by atoms with Crippen molar-refractivity contribution in [3.05, 3.63) is 65.0 Å². The van der Waals surface area contributed by atoms with Crippen LogP contribution in [0.1, 0.15) is 11.1 Å². The molecule has 1 aromatic heterocycles. The van der Waals surface area contributed by atoms with Crippen molar-refractivity contribution in [1.29, 1.82) is 5.26 Å². The van der Waals surface area contributed by atoms with Crippen LogP contribution < -0.4 is 0 Å². The molecule has 0 radical (unpaired) electrons. The van der Waals surface area contributed by atoms with Gasteiger partial charge in [0.25, 0.3) is 0 Å². The van der Waals surface area contributed by atoms with E-state index in [-0.39, 0.29) is 0 Å². The Morgan fingerprint density at radius 2 is 1.85 bits per heavy atom. The molecule has 2 aromatic carbocycles. The maximum Gasteiger partial charge on any atom is 0.124 e. The van der Waals surface area contributed by atoms with E-state index in [1.54, 1.807) is 11.3 Å². The summed E-state index contributed by atoms with van der Waals surface area (Å²) < 4.78 is 0. The van der Waals surface area contributed by atoms with Crippen LogP contribution in [0.5, 0.6) is 0 Å². The number of hydrogen-bond acceptors (Lipinski definition) is 3. The Morgan fingerprint density at radius 3 is 2.55 bits per heavy atom. The summed E-state index contributed by atoms with van der Waals surface area (Å²) in [6.45, 7) is 2.08. The molecule has 0 atom stereocenters. The average molecular weight is 276 g/mol. The van der Waals surface area contributed by atoms with Gasteiger partial charge in [-0.3, -0.25) is 0 Å². The molecule has 0 aliphatic carbocycles. The van der Waals surface area contributed by atoms with E-state index < -0.39 is 0 Å². The molecule has 20 heavy (non-hydrogen) atoms. The van der Waals surface area contributed by atoms with Crippen LogP contribution in [-0.4, -0.2) is 4.98 Å². The van der Waals surface area contributed by atoms with Gasteiger partial charge >= 0.3 is 0 Å². The lowest BCUT2D eigenvalue weighted by Crippen LogP contribution is -1.81. The molecule has 0 N–H and O–H groups in total. The maximum absolute atomic E-state index is 8.81. The fourth-order valence-corrected chi connectivity index (χ4v) is 2.86. The van der Waals surface area contributed by atoms with Gasteiger partial charge in [-0.25, -0.2) is 4.98 Å². The van der Waals surface area contributed by atoms with E-state index in [4.69, 9.17) is 5.26 Å². The van der Waals surface area contributed by atoms with E-state index in [9.17, 15) is 0 Å². The molecule has 0 aliphatic rings. The van der Waals surface area contributed by atoms with Gasteiger partial charge in [-0.2, -0.15) is 5.26 Å². The van der Waals surface area contributed by atoms with Crippen LogP contribution in [0.3, 0.4) is 0 Å². The van der Waals surface area contributed by atoms with Crippen LogP contribution in [0.25, 0.3) is 21.8 Å². The number of aryl methyl sites for hydroxylation is 1. The van der Waals surface area contributed by atoms with Gasteiger partial charge in [0, 0.05) is 16.5 Å². The predicted molar refractivity (Wildman–Crippen MR) is 82.4 cm³/mol. The topological polar surface area (TPSA) is 36.7 Å². The Labute approximate surface area is 122 Å². The molecule has 0 saturated carbocycles. The van der Waals surface area contributed by atoms with Gasteiger partial charge < -0.3 is 0 Å². The normalized spacial score (nSPS) is 10.2. The van der Waals surface area contributed by atoms with Crippen LogP contribution in [0, 0.1) is 18.3 Å². The van der Waals surface area contributed by atoms with E-state index >= 15 is 0 Å². The minimum atomic E-state index is 0.669. The van der Waals surface area contributed by atoms with Crippen molar-refractivity contribution >= 4 is 11.3 Å². The van der Waals surface area contributed by atoms with E-state index in [1.165, 1.54) is 5.56 Å². The first-order valence-corrected chi connectivity index (χ1v) is 7.17. The monoisotopic (exact) mass is 276 g/mol. The molecular formula is C17H12N2S. The van der Waals surface area contributed by atoms with Gasteiger partial charge in [0.15, 0.2) is 0 Å². The first-order chi connectivity index (χ1) is 9.76. The van der Waals surface area contributed by atoms with E-state index in [0.717, 1.165) is 21.8 Å². The zero-order valence-corrected chi connectivity index (χ0v) is 11.8. The molecule has 96 valence electrons. The van der Waals surface area contributed by atoms with Gasteiger partial charge in [0.2, 0.25) is 0 Å². The van der Waals surface area contributed by atoms with Gasteiger partial charge in [0.05, 0.1) is 17.3 Å². The molecule has 0 spiro atoms. The van der Waals surface area contributed by atoms with Crippen LogP contribution in [0.2, 0.25) is 0 Å². The number of aromatic nitrogens is 1. The third kappa shape index (κ3) is 2.47. The molecule has 3 rings (SSSR count). The smallest absolute Gasteiger partial charge is 0.124 e. The van der Waals surface area contributed by atoms with E-state index in [2.05, 4.69) is 41.6 Å². The molecule has 2 nitrogen and oxygen atoms in total. The first kappa shape index (κ1) is 12.6. The standard InChI is InChI=1S/C17H12N2S/c1-12-3-2-4-15(9-12)17-19-16(11-20-17)14-7-5-13(10-18)6-8-14/h2-9,11H,1H3. The lowest BCUT2D eigenvalue weighted by Gasteiger charge is -1.98. The molecule has 0 saturated heterocycles. The Bertz CT molecular complexity index is 779. The summed E-state index contributed by atoms with van der Waals surface area (Å²) in [6.07, 6.45) is 0. The summed E-state index contributed by atoms with van der Waals surface area (Å²) in [7, 11) is 0. The highest BCUT2D eigenvalue weighted by molar-refractivity contribution is 7.13. The van der Waals surface area contributed by atoms with Gasteiger partial charge in [-0.05, 0) is 25.1 Å². The summed E-state index contributed by atoms with van der Waals surface area (Å²) in [4.78, 5) is 4.68. The Morgan fingerprint density at radius 1 is 1.05 bits per heavy atom. The fourth-order valence-electron chi connectivity index (χ4n) is 2.03. The molecule has 0 bridgehead atoms. The molecule has 3 heteroatoms. The molecule has 0 fully saturated rings. The van der Waals surface area contributed by atoms with Crippen molar-refractivity contribution in [2.45, 2.75) is 6.92 Å². The molecule has 0 amide bonds. The fraction of sp³-hybridized carbons (Fsp3) is 0.0588. The highest BCUT2D eigenvalue weighted by Crippen LogP contribution is 2.29. The zero-order chi connectivity index (χ0) is 13.9. The van der Waals surface area contributed by atoms with Gasteiger partial charge in [-0.1, -0.05) is 35.9 Å². The van der Waals surface area contributed by atoms with Crippen molar-refractivity contribution < 1.29 is 0 Å². The highest BCUT2D eigenvalue weighted by Gasteiger charge is 2.06. The Balaban J connectivity index is 1.95. The first-order valence-electron chi connectivity index (χ1n) is 6.29. The van der Waals surface area contributed by atoms with Crippen LogP contribution in [0.4, 0.5) is 0 Å². The molecule has 1 heterocycles. The summed E-state index contributed by atoms with van der Waals surface area (Å²) >= 11 is 1.64. The number of nitrogens with zero attached hydrogens (tertiary/aromatic N) is 2. The lowest BCUT2D eigenvalue weighted by atomic mass is 10.1. The summed E-state index contributed by atoms with van der Waals surface area (Å²) in [5.74, 6) is 0. The summed E-state index contributed by atoms with van der Waals surface area (Å²) in [5, 5.41) is 11.9. The van der Waals surface area contributed by atoms with Crippen molar-refractivity contribution in [2.75, 3.05) is 0 Å². The minimum Gasteiger partial charge on any atom is -0.236 e. The SMILES string of the molecule is Cc1cccc(-c2nc(-c3ccc(C#N)cc3)cs2)c1. The Kier molecular flexibility index (Phi) is 3.32. The van der Waals surface area contributed by atoms with Crippen molar-refractivity contribution in [3.63, 3.8) is 0 Å². The molecule has 3 aromatic rings. The largest absolute Gasteiger partial charge is 0.236 e. The third-order valence-electron chi connectivity index (χ3n) is 3.08. The third-order valence-corrected chi connectivity index (χ3v) is 3.97. The second-order valence-electron chi connectivity index (χ2n) is 4.60. The average Bonchev–Trinajstić information content (AvgIpc) is 2.97. The van der Waals surface area contributed by atoms with Crippen LogP contribution in [-0.2, 0) is 0 Å². The minimum absolute atomic E-state index is 0.669. The van der Waals surface area contributed by atoms with Crippen molar-refractivity contribution in [1.82, 2.24) is 4.98 Å². The molecular weight excluding hydrogens is 264 g/mol. The summed E-state index contributed by atoms with van der Waals surface area (Å²) in [6, 6.07) is 18.0. The number of hydrogen-bond donors (Lipinski definition) is 0. The zero-order valence-electron chi connectivity index (χ0n) is 11.0.